The molecule has 3 heterocycles. The van der Waals surface area contributed by atoms with Crippen LogP contribution in [0.15, 0.2) is 40.6 Å². The van der Waals surface area contributed by atoms with Crippen LogP contribution in [0.3, 0.4) is 0 Å². The number of hydrogen-bond donors (Lipinski definition) is 4. The number of aliphatic carboxylic acids is 1. The van der Waals surface area contributed by atoms with Gasteiger partial charge in [-0.25, -0.2) is 14.3 Å². The largest absolute Gasteiger partial charge is 0.508 e. The van der Waals surface area contributed by atoms with Crippen LogP contribution in [-0.2, 0) is 31.0 Å². The number of carbonyl (C=O) groups excluding carboxylic acids is 5. The van der Waals surface area contributed by atoms with Crippen LogP contribution in [0, 0.1) is 5.92 Å². The van der Waals surface area contributed by atoms with E-state index >= 15 is 0 Å². The number of urea groups is 1. The number of carbonyl (C=O) groups is 6. The zero-order valence-corrected chi connectivity index (χ0v) is 25.1. The van der Waals surface area contributed by atoms with E-state index in [0.717, 1.165) is 4.90 Å². The molecule has 1 saturated heterocycles. The molecule has 1 aliphatic carbocycles. The maximum absolute atomic E-state index is 13.6. The van der Waals surface area contributed by atoms with E-state index in [-0.39, 0.29) is 35.7 Å². The molecule has 0 radical (unpaired) electrons. The Labute approximate surface area is 258 Å². The Kier molecular flexibility index (Phi) is 8.91. The summed E-state index contributed by atoms with van der Waals surface area (Å²) in [6.45, 7) is 2.06. The molecule has 44 heavy (non-hydrogen) atoms. The first-order valence-corrected chi connectivity index (χ1v) is 15.5. The number of tetrazole rings is 1. The predicted molar refractivity (Wildman–Crippen MR) is 154 cm³/mol. The van der Waals surface area contributed by atoms with Crippen LogP contribution in [0.4, 0.5) is 4.79 Å². The smallest absolute Gasteiger partial charge is 0.332 e. The van der Waals surface area contributed by atoms with Crippen molar-refractivity contribution in [3.63, 3.8) is 0 Å². The number of hydrogen-bond acceptors (Lipinski definition) is 12. The van der Waals surface area contributed by atoms with Crippen molar-refractivity contribution in [2.45, 2.75) is 29.4 Å². The number of phenolic OH excluding ortho intramolecular Hbond substituents is 1. The van der Waals surface area contributed by atoms with Crippen LogP contribution in [0.25, 0.3) is 0 Å². The topological polar surface area (TPSA) is 217 Å². The number of carboxylic acids is 1. The monoisotopic (exact) mass is 644 g/mol. The summed E-state index contributed by atoms with van der Waals surface area (Å²) in [7, 11) is 1.65. The second-order valence-electron chi connectivity index (χ2n) is 10.2. The second-order valence-corrected chi connectivity index (χ2v) is 12.3. The molecule has 0 bridgehead atoms. The number of carboxylic acid groups (broad SMARTS) is 1. The van der Waals surface area contributed by atoms with Gasteiger partial charge in [0.25, 0.3) is 0 Å². The SMILES string of the molecule is CCN1CCN(C(=O)N[C@@H](C(=O)N[C@@H]2C(=O)C3C(C(=O)O)=C(CSc4nnnn4C)CSC32)c2ccc(O)cc2)C(=O)C1=O. The van der Waals surface area contributed by atoms with E-state index < -0.39 is 58.8 Å². The van der Waals surface area contributed by atoms with Gasteiger partial charge in [-0.2, -0.15) is 11.8 Å². The van der Waals surface area contributed by atoms with Crippen molar-refractivity contribution >= 4 is 59.0 Å². The van der Waals surface area contributed by atoms with Gasteiger partial charge in [-0.1, -0.05) is 23.9 Å². The maximum Gasteiger partial charge on any atom is 0.332 e. The number of likely N-dealkylation sites (N-methyl/N-ethyl adjacent to an activating group) is 1. The maximum atomic E-state index is 13.6. The van der Waals surface area contributed by atoms with Crippen LogP contribution < -0.4 is 10.6 Å². The Balaban J connectivity index is 1.31. The molecule has 4 N–H and O–H groups in total. The molecule has 16 nitrogen and oxygen atoms in total. The van der Waals surface area contributed by atoms with Gasteiger partial charge in [0.1, 0.15) is 17.8 Å². The quantitative estimate of drug-likeness (QED) is 0.197. The molecule has 5 rings (SSSR count). The van der Waals surface area contributed by atoms with Gasteiger partial charge < -0.3 is 25.7 Å². The number of benzene rings is 1. The van der Waals surface area contributed by atoms with E-state index in [1.807, 2.05) is 0 Å². The lowest BCUT2D eigenvalue weighted by molar-refractivity contribution is -0.153. The van der Waals surface area contributed by atoms with Gasteiger partial charge in [0.2, 0.25) is 11.1 Å². The third-order valence-corrected chi connectivity index (χ3v) is 10.1. The Morgan fingerprint density at radius 2 is 1.86 bits per heavy atom. The number of ketones is 1. The number of nitrogens with zero attached hydrogens (tertiary/aromatic N) is 6. The van der Waals surface area contributed by atoms with E-state index in [2.05, 4.69) is 26.2 Å². The lowest BCUT2D eigenvalue weighted by Gasteiger charge is -2.46. The molecule has 1 saturated carbocycles. The molecule has 1 aromatic heterocycles. The first-order chi connectivity index (χ1) is 21.0. The second kappa shape index (κ2) is 12.7. The molecule has 18 heteroatoms. The fraction of sp³-hybridized carbons (Fsp3) is 0.423. The van der Waals surface area contributed by atoms with Crippen LogP contribution in [-0.4, -0.2) is 118 Å². The minimum absolute atomic E-state index is 0.00957. The number of aryl methyl sites for hydroxylation is 1. The minimum atomic E-state index is -1.41. The van der Waals surface area contributed by atoms with Gasteiger partial charge in [-0.15, -0.1) is 5.10 Å². The van der Waals surface area contributed by atoms with Gasteiger partial charge in [0, 0.05) is 49.0 Å². The standard InChI is InChI=1S/C26H28N8O8S2/c1-3-33-8-9-34(23(39)22(33)38)25(42)28-17(12-4-6-14(35)7-5-12)21(37)27-18-19(36)16-15(24(40)41)13(10-43-20(16)18)11-44-26-29-30-31-32(26)2/h4-7,16-18,20,35H,3,8-11H2,1-2H3,(H,27,37)(H,28,42)(H,40,41)/t16?,17-,18-,20?/m1/s1. The minimum Gasteiger partial charge on any atom is -0.508 e. The fourth-order valence-corrected chi connectivity index (χ4v) is 7.73. The summed E-state index contributed by atoms with van der Waals surface area (Å²) < 4.78 is 1.45. The first-order valence-electron chi connectivity index (χ1n) is 13.5. The highest BCUT2D eigenvalue weighted by Gasteiger charge is 2.56. The summed E-state index contributed by atoms with van der Waals surface area (Å²) in [6.07, 6.45) is 0. The number of nitrogens with one attached hydrogen (secondary N) is 2. The molecule has 0 spiro atoms. The fourth-order valence-electron chi connectivity index (χ4n) is 5.21. The molecule has 2 unspecified atom stereocenters. The van der Waals surface area contributed by atoms with Gasteiger partial charge >= 0.3 is 23.8 Å². The van der Waals surface area contributed by atoms with Gasteiger partial charge in [-0.05, 0) is 40.6 Å². The van der Waals surface area contributed by atoms with Crippen LogP contribution >= 0.6 is 23.5 Å². The number of rotatable bonds is 9. The zero-order chi connectivity index (χ0) is 31.7. The number of fused-ring (bicyclic) bond motifs is 1. The number of amides is 5. The number of aromatic hydroxyl groups is 1. The summed E-state index contributed by atoms with van der Waals surface area (Å²) >= 11 is 2.59. The molecule has 2 fully saturated rings. The normalized spacial score (nSPS) is 22.3. The first kappa shape index (κ1) is 31.0. The third kappa shape index (κ3) is 5.86. The average Bonchev–Trinajstić information content (AvgIpc) is 3.42. The Bertz CT molecular complexity index is 1560. The summed E-state index contributed by atoms with van der Waals surface area (Å²) in [5, 5.41) is 36.0. The van der Waals surface area contributed by atoms with Crippen molar-refractivity contribution in [2.75, 3.05) is 31.1 Å². The Hall–Kier alpha value is -4.45. The van der Waals surface area contributed by atoms with Crippen molar-refractivity contribution in [3.05, 3.63) is 41.0 Å². The number of Topliss-reactive ketones (excluding diaryl/α,β-unsaturated/α-hetero) is 1. The highest BCUT2D eigenvalue weighted by atomic mass is 32.2. The molecular formula is C26H28N8O8S2. The van der Waals surface area contributed by atoms with Crippen molar-refractivity contribution in [1.29, 1.82) is 0 Å². The number of aromatic nitrogens is 4. The number of thioether (sulfide) groups is 2. The van der Waals surface area contributed by atoms with Crippen molar-refractivity contribution in [1.82, 2.24) is 40.6 Å². The van der Waals surface area contributed by atoms with E-state index in [4.69, 9.17) is 0 Å². The summed E-state index contributed by atoms with van der Waals surface area (Å²) in [5.41, 5.74) is 0.791. The Morgan fingerprint density at radius 1 is 1.14 bits per heavy atom. The molecule has 5 amide bonds. The van der Waals surface area contributed by atoms with Crippen LogP contribution in [0.2, 0.25) is 0 Å². The molecule has 3 aliphatic rings. The molecule has 232 valence electrons. The Morgan fingerprint density at radius 3 is 2.50 bits per heavy atom. The molecular weight excluding hydrogens is 616 g/mol. The lowest BCUT2D eigenvalue weighted by Crippen LogP contribution is -2.66. The van der Waals surface area contributed by atoms with Crippen molar-refractivity contribution in [2.24, 2.45) is 13.0 Å². The van der Waals surface area contributed by atoms with E-state index in [1.54, 1.807) is 14.0 Å². The van der Waals surface area contributed by atoms with E-state index in [0.29, 0.717) is 23.0 Å². The number of imide groups is 1. The zero-order valence-electron chi connectivity index (χ0n) is 23.5. The lowest BCUT2D eigenvalue weighted by atomic mass is 9.71. The average molecular weight is 645 g/mol. The van der Waals surface area contributed by atoms with Crippen LogP contribution in [0.5, 0.6) is 5.75 Å². The van der Waals surface area contributed by atoms with E-state index in [9.17, 15) is 39.0 Å². The highest BCUT2D eigenvalue weighted by Crippen LogP contribution is 2.46. The van der Waals surface area contributed by atoms with Gasteiger partial charge in [0.05, 0.1) is 5.92 Å². The van der Waals surface area contributed by atoms with Gasteiger partial charge in [-0.3, -0.25) is 24.1 Å². The van der Waals surface area contributed by atoms with Gasteiger partial charge in [0.15, 0.2) is 5.78 Å². The predicted octanol–water partition coefficient (Wildman–Crippen LogP) is -0.670. The summed E-state index contributed by atoms with van der Waals surface area (Å²) in [5.74, 6) is -4.83. The third-order valence-electron chi connectivity index (χ3n) is 7.59. The van der Waals surface area contributed by atoms with Crippen molar-refractivity contribution < 1.29 is 39.0 Å². The van der Waals surface area contributed by atoms with Crippen LogP contribution in [0.1, 0.15) is 18.5 Å². The molecule has 4 atom stereocenters. The highest BCUT2D eigenvalue weighted by molar-refractivity contribution is 8.01. The number of piperazine rings is 1. The molecule has 1 aromatic carbocycles. The molecule has 2 aliphatic heterocycles. The summed E-state index contributed by atoms with van der Waals surface area (Å²) in [4.78, 5) is 79.2. The van der Waals surface area contributed by atoms with E-state index in [1.165, 1.54) is 57.4 Å². The molecule has 2 aromatic rings. The summed E-state index contributed by atoms with van der Waals surface area (Å²) in [6, 6.07) is 1.98. The number of phenols is 1. The van der Waals surface area contributed by atoms with Crippen molar-refractivity contribution in [3.8, 4) is 5.75 Å².